The number of halogens is 1. The number of rotatable bonds is 6. The van der Waals surface area contributed by atoms with Gasteiger partial charge < -0.3 is 19.9 Å². The van der Waals surface area contributed by atoms with Gasteiger partial charge >= 0.3 is 18.0 Å². The minimum Gasteiger partial charge on any atom is -0.478 e. The lowest BCUT2D eigenvalue weighted by molar-refractivity contribution is -0.164. The lowest BCUT2D eigenvalue weighted by atomic mass is 10.1. The summed E-state index contributed by atoms with van der Waals surface area (Å²) in [5, 5.41) is 11.7. The molecule has 0 saturated carbocycles. The SMILES string of the molecule is CCC(=O)O[C@@H](C)OC(=O)NCc1ccc(Cl)cc1C(=O)O. The summed E-state index contributed by atoms with van der Waals surface area (Å²) < 4.78 is 9.57. The van der Waals surface area contributed by atoms with Crippen LogP contribution in [0.2, 0.25) is 5.02 Å². The zero-order chi connectivity index (χ0) is 16.7. The van der Waals surface area contributed by atoms with Crippen LogP contribution in [-0.2, 0) is 20.8 Å². The average molecular weight is 330 g/mol. The van der Waals surface area contributed by atoms with Crippen molar-refractivity contribution in [1.29, 1.82) is 0 Å². The summed E-state index contributed by atoms with van der Waals surface area (Å²) in [7, 11) is 0. The van der Waals surface area contributed by atoms with Gasteiger partial charge in [0, 0.05) is 24.9 Å². The van der Waals surface area contributed by atoms with Crippen LogP contribution < -0.4 is 5.32 Å². The molecule has 1 aromatic carbocycles. The van der Waals surface area contributed by atoms with E-state index in [0.717, 1.165) is 0 Å². The van der Waals surface area contributed by atoms with Gasteiger partial charge in [-0.3, -0.25) is 4.79 Å². The third-order valence-electron chi connectivity index (χ3n) is 2.58. The molecule has 2 N–H and O–H groups in total. The predicted molar refractivity (Wildman–Crippen MR) is 77.6 cm³/mol. The van der Waals surface area contributed by atoms with E-state index in [9.17, 15) is 14.4 Å². The summed E-state index contributed by atoms with van der Waals surface area (Å²) in [6.07, 6.45) is -1.69. The van der Waals surface area contributed by atoms with Crippen molar-refractivity contribution in [3.8, 4) is 0 Å². The maximum absolute atomic E-state index is 11.5. The number of hydrogen-bond acceptors (Lipinski definition) is 5. The maximum atomic E-state index is 11.5. The number of hydrogen-bond donors (Lipinski definition) is 2. The van der Waals surface area contributed by atoms with Crippen LogP contribution in [0.5, 0.6) is 0 Å². The summed E-state index contributed by atoms with van der Waals surface area (Å²) in [5.74, 6) is -1.65. The third-order valence-corrected chi connectivity index (χ3v) is 2.82. The molecule has 7 nitrogen and oxygen atoms in total. The quantitative estimate of drug-likeness (QED) is 0.614. The van der Waals surface area contributed by atoms with Crippen molar-refractivity contribution in [2.24, 2.45) is 0 Å². The second-order valence-corrected chi connectivity index (χ2v) is 4.71. The van der Waals surface area contributed by atoms with Gasteiger partial charge in [0.2, 0.25) is 6.29 Å². The molecule has 0 unspecified atom stereocenters. The number of nitrogens with one attached hydrogen (secondary N) is 1. The number of carboxylic acids is 1. The first-order valence-corrected chi connectivity index (χ1v) is 6.87. The van der Waals surface area contributed by atoms with Crippen molar-refractivity contribution >= 4 is 29.6 Å². The van der Waals surface area contributed by atoms with Crippen LogP contribution in [0.3, 0.4) is 0 Å². The molecule has 1 amide bonds. The Hall–Kier alpha value is -2.28. The molecule has 1 rings (SSSR count). The number of carboxylic acid groups (broad SMARTS) is 1. The first-order valence-electron chi connectivity index (χ1n) is 6.49. The van der Waals surface area contributed by atoms with E-state index in [4.69, 9.17) is 26.2 Å². The molecule has 0 bridgehead atoms. The number of esters is 1. The van der Waals surface area contributed by atoms with Gasteiger partial charge in [-0.05, 0) is 17.7 Å². The summed E-state index contributed by atoms with van der Waals surface area (Å²) in [6, 6.07) is 4.30. The normalized spacial score (nSPS) is 11.4. The summed E-state index contributed by atoms with van der Waals surface area (Å²) >= 11 is 5.73. The highest BCUT2D eigenvalue weighted by Crippen LogP contribution is 2.16. The van der Waals surface area contributed by atoms with E-state index in [-0.39, 0.29) is 23.6 Å². The van der Waals surface area contributed by atoms with Crippen molar-refractivity contribution < 1.29 is 29.0 Å². The van der Waals surface area contributed by atoms with E-state index in [1.165, 1.54) is 25.1 Å². The van der Waals surface area contributed by atoms with Crippen LogP contribution >= 0.6 is 11.6 Å². The van der Waals surface area contributed by atoms with Crippen molar-refractivity contribution in [3.05, 3.63) is 34.3 Å². The molecule has 0 aromatic heterocycles. The van der Waals surface area contributed by atoms with E-state index in [0.29, 0.717) is 5.56 Å². The molecule has 22 heavy (non-hydrogen) atoms. The van der Waals surface area contributed by atoms with Crippen LogP contribution in [0.15, 0.2) is 18.2 Å². The molecule has 120 valence electrons. The van der Waals surface area contributed by atoms with E-state index in [1.54, 1.807) is 6.92 Å². The van der Waals surface area contributed by atoms with Gasteiger partial charge in [0.05, 0.1) is 5.56 Å². The third kappa shape index (κ3) is 5.61. The molecule has 0 aliphatic heterocycles. The Kier molecular flexibility index (Phi) is 6.65. The van der Waals surface area contributed by atoms with Crippen LogP contribution in [0.4, 0.5) is 4.79 Å². The standard InChI is InChI=1S/C14H16ClNO6/c1-3-12(17)21-8(2)22-14(20)16-7-9-4-5-10(15)6-11(9)13(18)19/h4-6,8H,3,7H2,1-2H3,(H,16,20)(H,18,19)/t8-/m1/s1. The summed E-state index contributed by atoms with van der Waals surface area (Å²) in [5.41, 5.74) is 0.352. The maximum Gasteiger partial charge on any atom is 0.410 e. The number of ether oxygens (including phenoxy) is 2. The molecule has 0 saturated heterocycles. The molecule has 0 aliphatic rings. The number of amides is 1. The van der Waals surface area contributed by atoms with Gasteiger partial charge in [0.25, 0.3) is 0 Å². The Morgan fingerprint density at radius 3 is 2.59 bits per heavy atom. The first-order chi connectivity index (χ1) is 10.3. The van der Waals surface area contributed by atoms with E-state index >= 15 is 0 Å². The number of carbonyl (C=O) groups excluding carboxylic acids is 2. The van der Waals surface area contributed by atoms with Gasteiger partial charge in [0.15, 0.2) is 0 Å². The fourth-order valence-electron chi connectivity index (χ4n) is 1.55. The first kappa shape index (κ1) is 17.8. The van der Waals surface area contributed by atoms with Crippen LogP contribution in [0.1, 0.15) is 36.2 Å². The van der Waals surface area contributed by atoms with Crippen LogP contribution in [0.25, 0.3) is 0 Å². The molecule has 1 atom stereocenters. The van der Waals surface area contributed by atoms with Gasteiger partial charge in [-0.2, -0.15) is 0 Å². The fourth-order valence-corrected chi connectivity index (χ4v) is 1.73. The molecule has 0 fully saturated rings. The lowest BCUT2D eigenvalue weighted by Gasteiger charge is -2.14. The van der Waals surface area contributed by atoms with Crippen molar-refractivity contribution in [2.45, 2.75) is 33.1 Å². The van der Waals surface area contributed by atoms with Gasteiger partial charge in [-0.25, -0.2) is 9.59 Å². The number of alkyl carbamates (subject to hydrolysis) is 1. The van der Waals surface area contributed by atoms with E-state index in [1.807, 2.05) is 0 Å². The van der Waals surface area contributed by atoms with Gasteiger partial charge in [-0.15, -0.1) is 0 Å². The van der Waals surface area contributed by atoms with Gasteiger partial charge in [0.1, 0.15) is 0 Å². The molecule has 0 aliphatic carbocycles. The molecular weight excluding hydrogens is 314 g/mol. The fraction of sp³-hybridized carbons (Fsp3) is 0.357. The Morgan fingerprint density at radius 2 is 2.00 bits per heavy atom. The Labute approximate surface area is 132 Å². The van der Waals surface area contributed by atoms with Crippen LogP contribution in [-0.4, -0.2) is 29.4 Å². The Bertz CT molecular complexity index is 574. The second kappa shape index (κ2) is 8.23. The Balaban J connectivity index is 2.57. The molecule has 0 heterocycles. The van der Waals surface area contributed by atoms with Gasteiger partial charge in [-0.1, -0.05) is 24.6 Å². The monoisotopic (exact) mass is 329 g/mol. The number of aromatic carboxylic acids is 1. The smallest absolute Gasteiger partial charge is 0.410 e. The van der Waals surface area contributed by atoms with Crippen molar-refractivity contribution in [2.75, 3.05) is 0 Å². The Morgan fingerprint density at radius 1 is 1.32 bits per heavy atom. The highest BCUT2D eigenvalue weighted by molar-refractivity contribution is 6.30. The predicted octanol–water partition coefficient (Wildman–Crippen LogP) is 2.56. The molecule has 0 radical (unpaired) electrons. The largest absolute Gasteiger partial charge is 0.478 e. The molecule has 0 spiro atoms. The average Bonchev–Trinajstić information content (AvgIpc) is 2.45. The number of carbonyl (C=O) groups is 3. The zero-order valence-corrected chi connectivity index (χ0v) is 12.8. The molecule has 1 aromatic rings. The minimum absolute atomic E-state index is 0.0155. The van der Waals surface area contributed by atoms with E-state index in [2.05, 4.69) is 5.32 Å². The topological polar surface area (TPSA) is 102 Å². The zero-order valence-electron chi connectivity index (χ0n) is 12.1. The summed E-state index contributed by atoms with van der Waals surface area (Å²) in [4.78, 5) is 33.7. The second-order valence-electron chi connectivity index (χ2n) is 4.28. The number of benzene rings is 1. The van der Waals surface area contributed by atoms with E-state index < -0.39 is 24.3 Å². The highest BCUT2D eigenvalue weighted by Gasteiger charge is 2.15. The molecular formula is C14H16ClNO6. The van der Waals surface area contributed by atoms with Crippen molar-refractivity contribution in [3.63, 3.8) is 0 Å². The summed E-state index contributed by atoms with van der Waals surface area (Å²) in [6.45, 7) is 2.95. The van der Waals surface area contributed by atoms with Crippen molar-refractivity contribution in [1.82, 2.24) is 5.32 Å². The lowest BCUT2D eigenvalue weighted by Crippen LogP contribution is -2.30. The highest BCUT2D eigenvalue weighted by atomic mass is 35.5. The van der Waals surface area contributed by atoms with Crippen LogP contribution in [0, 0.1) is 0 Å². The minimum atomic E-state index is -1.15. The molecule has 8 heteroatoms.